The molecule has 0 heterocycles. The van der Waals surface area contributed by atoms with Crippen LogP contribution in [-0.4, -0.2) is 25.5 Å². The number of rotatable bonds is 5. The van der Waals surface area contributed by atoms with Crippen LogP contribution in [0.1, 0.15) is 15.9 Å². The molecule has 2 aromatic carbocycles. The summed E-state index contributed by atoms with van der Waals surface area (Å²) in [6.07, 6.45) is 0. The van der Waals surface area contributed by atoms with Gasteiger partial charge in [0.15, 0.2) is 6.61 Å². The van der Waals surface area contributed by atoms with Gasteiger partial charge in [0, 0.05) is 12.6 Å². The first kappa shape index (κ1) is 16.8. The third-order valence-corrected chi connectivity index (χ3v) is 3.42. The van der Waals surface area contributed by atoms with Crippen LogP contribution >= 0.6 is 11.6 Å². The second-order valence-corrected chi connectivity index (χ2v) is 5.33. The monoisotopic (exact) mass is 332 g/mol. The van der Waals surface area contributed by atoms with Gasteiger partial charge in [0.2, 0.25) is 0 Å². The molecule has 23 heavy (non-hydrogen) atoms. The highest BCUT2D eigenvalue weighted by Crippen LogP contribution is 2.23. The van der Waals surface area contributed by atoms with Crippen molar-refractivity contribution in [2.75, 3.05) is 19.0 Å². The summed E-state index contributed by atoms with van der Waals surface area (Å²) in [6.45, 7) is 1.79. The number of hydrogen-bond acceptors (Lipinski definition) is 3. The molecule has 5 nitrogen and oxygen atoms in total. The van der Waals surface area contributed by atoms with Gasteiger partial charge in [0.25, 0.3) is 11.8 Å². The van der Waals surface area contributed by atoms with E-state index in [1.807, 2.05) is 25.1 Å². The van der Waals surface area contributed by atoms with Crippen LogP contribution in [0.5, 0.6) is 5.75 Å². The van der Waals surface area contributed by atoms with Crippen molar-refractivity contribution in [2.24, 2.45) is 0 Å². The topological polar surface area (TPSA) is 67.4 Å². The molecule has 0 atom stereocenters. The highest BCUT2D eigenvalue weighted by Gasteiger charge is 2.10. The van der Waals surface area contributed by atoms with E-state index in [9.17, 15) is 9.59 Å². The lowest BCUT2D eigenvalue weighted by atomic mass is 10.2. The van der Waals surface area contributed by atoms with Gasteiger partial charge in [-0.2, -0.15) is 0 Å². The minimum Gasteiger partial charge on any atom is -0.484 e. The lowest BCUT2D eigenvalue weighted by Gasteiger charge is -2.10. The SMILES string of the molecule is CNC(=O)c1ccc(Cl)c(NC(=O)COc2cccc(C)c2)c1. The van der Waals surface area contributed by atoms with Crippen molar-refractivity contribution in [3.8, 4) is 5.75 Å². The molecule has 0 fully saturated rings. The number of amides is 2. The molecule has 0 saturated carbocycles. The maximum atomic E-state index is 12.0. The van der Waals surface area contributed by atoms with Crippen LogP contribution in [0.4, 0.5) is 5.69 Å². The Kier molecular flexibility index (Phi) is 5.60. The first-order valence-corrected chi connectivity index (χ1v) is 7.38. The van der Waals surface area contributed by atoms with Crippen LogP contribution in [0.3, 0.4) is 0 Å². The molecule has 120 valence electrons. The number of carbonyl (C=O) groups is 2. The Bertz CT molecular complexity index is 732. The van der Waals surface area contributed by atoms with Crippen LogP contribution in [0.25, 0.3) is 0 Å². The van der Waals surface area contributed by atoms with E-state index in [0.717, 1.165) is 5.56 Å². The number of carbonyl (C=O) groups excluding carboxylic acids is 2. The summed E-state index contributed by atoms with van der Waals surface area (Å²) in [5.41, 5.74) is 1.82. The Morgan fingerprint density at radius 2 is 1.96 bits per heavy atom. The zero-order chi connectivity index (χ0) is 16.8. The highest BCUT2D eigenvalue weighted by atomic mass is 35.5. The molecule has 2 rings (SSSR count). The highest BCUT2D eigenvalue weighted by molar-refractivity contribution is 6.33. The Hall–Kier alpha value is -2.53. The number of halogens is 1. The summed E-state index contributed by atoms with van der Waals surface area (Å²) in [4.78, 5) is 23.6. The van der Waals surface area contributed by atoms with E-state index in [0.29, 0.717) is 22.0 Å². The quantitative estimate of drug-likeness (QED) is 0.884. The molecule has 0 bridgehead atoms. The van der Waals surface area contributed by atoms with Crippen molar-refractivity contribution in [3.05, 3.63) is 58.6 Å². The number of benzene rings is 2. The average molecular weight is 333 g/mol. The zero-order valence-corrected chi connectivity index (χ0v) is 13.6. The van der Waals surface area contributed by atoms with Gasteiger partial charge >= 0.3 is 0 Å². The van der Waals surface area contributed by atoms with Crippen molar-refractivity contribution in [3.63, 3.8) is 0 Å². The molecule has 0 aliphatic carbocycles. The average Bonchev–Trinajstić information content (AvgIpc) is 2.54. The second kappa shape index (κ2) is 7.65. The first-order valence-electron chi connectivity index (χ1n) is 7.00. The third kappa shape index (κ3) is 4.72. The van der Waals surface area contributed by atoms with E-state index in [-0.39, 0.29) is 18.4 Å². The fourth-order valence-corrected chi connectivity index (χ4v) is 2.11. The van der Waals surface area contributed by atoms with Gasteiger partial charge < -0.3 is 15.4 Å². The van der Waals surface area contributed by atoms with Crippen molar-refractivity contribution in [2.45, 2.75) is 6.92 Å². The van der Waals surface area contributed by atoms with Crippen molar-refractivity contribution in [1.82, 2.24) is 5.32 Å². The minimum absolute atomic E-state index is 0.149. The molecule has 0 unspecified atom stereocenters. The van der Waals surface area contributed by atoms with Gasteiger partial charge in [-0.05, 0) is 42.8 Å². The lowest BCUT2D eigenvalue weighted by molar-refractivity contribution is -0.118. The lowest BCUT2D eigenvalue weighted by Crippen LogP contribution is -2.21. The molecule has 0 radical (unpaired) electrons. The van der Waals surface area contributed by atoms with Gasteiger partial charge in [0.1, 0.15) is 5.75 Å². The molecule has 0 aromatic heterocycles. The van der Waals surface area contributed by atoms with E-state index < -0.39 is 0 Å². The minimum atomic E-state index is -0.359. The number of nitrogens with one attached hydrogen (secondary N) is 2. The molecule has 2 amide bonds. The normalized spacial score (nSPS) is 10.0. The number of anilines is 1. The molecular weight excluding hydrogens is 316 g/mol. The molecule has 2 aromatic rings. The van der Waals surface area contributed by atoms with Crippen LogP contribution < -0.4 is 15.4 Å². The van der Waals surface area contributed by atoms with Crippen molar-refractivity contribution >= 4 is 29.1 Å². The van der Waals surface area contributed by atoms with Gasteiger partial charge in [-0.25, -0.2) is 0 Å². The standard InChI is InChI=1S/C17H17ClN2O3/c1-11-4-3-5-13(8-11)23-10-16(21)20-15-9-12(17(22)19-2)6-7-14(15)18/h3-9H,10H2,1-2H3,(H,19,22)(H,20,21). The first-order chi connectivity index (χ1) is 11.0. The van der Waals surface area contributed by atoms with Gasteiger partial charge in [0.05, 0.1) is 10.7 Å². The molecule has 0 saturated heterocycles. The summed E-state index contributed by atoms with van der Waals surface area (Å²) in [5.74, 6) is 0.000924. The summed E-state index contributed by atoms with van der Waals surface area (Å²) >= 11 is 6.04. The summed E-state index contributed by atoms with van der Waals surface area (Å²) in [6, 6.07) is 12.1. The maximum Gasteiger partial charge on any atom is 0.262 e. The van der Waals surface area contributed by atoms with E-state index in [2.05, 4.69) is 10.6 Å². The zero-order valence-electron chi connectivity index (χ0n) is 12.9. The fraction of sp³-hybridized carbons (Fsp3) is 0.176. The van der Waals surface area contributed by atoms with Crippen LogP contribution in [-0.2, 0) is 4.79 Å². The van der Waals surface area contributed by atoms with Gasteiger partial charge in [-0.1, -0.05) is 23.7 Å². The molecular formula is C17H17ClN2O3. The third-order valence-electron chi connectivity index (χ3n) is 3.09. The van der Waals surface area contributed by atoms with Gasteiger partial charge in [-0.15, -0.1) is 0 Å². The number of aryl methyl sites for hydroxylation is 1. The maximum absolute atomic E-state index is 12.0. The Labute approximate surface area is 139 Å². The van der Waals surface area contributed by atoms with Crippen LogP contribution in [0.2, 0.25) is 5.02 Å². The number of hydrogen-bond donors (Lipinski definition) is 2. The molecule has 0 aliphatic heterocycles. The Morgan fingerprint density at radius 3 is 2.65 bits per heavy atom. The summed E-state index contributed by atoms with van der Waals surface area (Å²) in [5, 5.41) is 5.50. The Morgan fingerprint density at radius 1 is 1.17 bits per heavy atom. The van der Waals surface area contributed by atoms with Crippen LogP contribution in [0.15, 0.2) is 42.5 Å². The number of ether oxygens (including phenoxy) is 1. The predicted molar refractivity (Wildman–Crippen MR) is 90.1 cm³/mol. The molecule has 0 spiro atoms. The van der Waals surface area contributed by atoms with E-state index >= 15 is 0 Å². The Balaban J connectivity index is 2.01. The van der Waals surface area contributed by atoms with Crippen LogP contribution in [0, 0.1) is 6.92 Å². The summed E-state index contributed by atoms with van der Waals surface area (Å²) in [7, 11) is 1.53. The fourth-order valence-electron chi connectivity index (χ4n) is 1.95. The molecule has 6 heteroatoms. The molecule has 2 N–H and O–H groups in total. The van der Waals surface area contributed by atoms with E-state index in [4.69, 9.17) is 16.3 Å². The summed E-state index contributed by atoms with van der Waals surface area (Å²) < 4.78 is 5.43. The van der Waals surface area contributed by atoms with E-state index in [1.165, 1.54) is 13.1 Å². The van der Waals surface area contributed by atoms with Crippen molar-refractivity contribution in [1.29, 1.82) is 0 Å². The van der Waals surface area contributed by atoms with E-state index in [1.54, 1.807) is 18.2 Å². The van der Waals surface area contributed by atoms with Crippen molar-refractivity contribution < 1.29 is 14.3 Å². The smallest absolute Gasteiger partial charge is 0.262 e. The second-order valence-electron chi connectivity index (χ2n) is 4.93. The van der Waals surface area contributed by atoms with Gasteiger partial charge in [-0.3, -0.25) is 9.59 Å². The largest absolute Gasteiger partial charge is 0.484 e. The predicted octanol–water partition coefficient (Wildman–Crippen LogP) is 3.03. The molecule has 0 aliphatic rings.